The fraction of sp³-hybridized carbons (Fsp3) is 0.103. The summed E-state index contributed by atoms with van der Waals surface area (Å²) in [6.07, 6.45) is 0.222. The zero-order chi connectivity index (χ0) is 23.5. The first-order chi connectivity index (χ1) is 16.6. The van der Waals surface area contributed by atoms with Gasteiger partial charge in [0.05, 0.1) is 18.7 Å². The van der Waals surface area contributed by atoms with Crippen LogP contribution in [0.5, 0.6) is 5.88 Å². The largest absolute Gasteiger partial charge is 0.494 e. The predicted octanol–water partition coefficient (Wildman–Crippen LogP) is 4.56. The molecule has 0 amide bonds. The lowest BCUT2D eigenvalue weighted by Gasteiger charge is -2.16. The topological polar surface area (TPSA) is 64.2 Å². The van der Waals surface area contributed by atoms with Gasteiger partial charge in [-0.15, -0.1) is 0 Å². The van der Waals surface area contributed by atoms with E-state index in [0.29, 0.717) is 0 Å². The minimum absolute atomic E-state index is 0.137. The van der Waals surface area contributed by atoms with Gasteiger partial charge in [0, 0.05) is 6.42 Å². The van der Waals surface area contributed by atoms with Crippen molar-refractivity contribution >= 4 is 10.8 Å². The Morgan fingerprint density at radius 3 is 1.79 bits per heavy atom. The highest BCUT2D eigenvalue weighted by Gasteiger charge is 2.20. The van der Waals surface area contributed by atoms with Crippen LogP contribution in [0.4, 0.5) is 0 Å². The van der Waals surface area contributed by atoms with Crippen LogP contribution in [-0.4, -0.2) is 14.2 Å². The second-order valence-electron chi connectivity index (χ2n) is 8.39. The van der Waals surface area contributed by atoms with Crippen LogP contribution in [0.25, 0.3) is 10.8 Å². The molecule has 0 unspecified atom stereocenters. The third kappa shape index (κ3) is 4.28. The van der Waals surface area contributed by atoms with Crippen LogP contribution in [0.2, 0.25) is 0 Å². The lowest BCUT2D eigenvalue weighted by molar-refractivity contribution is 0.393. The van der Waals surface area contributed by atoms with Crippen molar-refractivity contribution in [1.29, 1.82) is 0 Å². The molecule has 5 aromatic rings. The van der Waals surface area contributed by atoms with Crippen molar-refractivity contribution in [3.63, 3.8) is 0 Å². The van der Waals surface area contributed by atoms with Gasteiger partial charge in [0.2, 0.25) is 5.88 Å². The van der Waals surface area contributed by atoms with E-state index in [1.165, 1.54) is 9.13 Å². The zero-order valence-electron chi connectivity index (χ0n) is 18.6. The Labute approximate surface area is 196 Å². The van der Waals surface area contributed by atoms with Gasteiger partial charge in [-0.25, -0.2) is 4.79 Å². The molecule has 1 N–H and O–H groups in total. The molecule has 5 heteroatoms. The number of aromatic nitrogens is 2. The first-order valence-electron chi connectivity index (χ1n) is 11.2. The minimum atomic E-state index is -0.530. The fourth-order valence-corrected chi connectivity index (χ4v) is 4.27. The molecule has 1 heterocycles. The third-order valence-corrected chi connectivity index (χ3v) is 6.05. The summed E-state index contributed by atoms with van der Waals surface area (Å²) in [7, 11) is 0. The molecule has 0 saturated heterocycles. The van der Waals surface area contributed by atoms with Crippen molar-refractivity contribution in [2.75, 3.05) is 0 Å². The highest BCUT2D eigenvalue weighted by Crippen LogP contribution is 2.21. The minimum Gasteiger partial charge on any atom is -0.494 e. The number of hydrogen-bond acceptors (Lipinski definition) is 3. The van der Waals surface area contributed by atoms with E-state index in [4.69, 9.17) is 0 Å². The van der Waals surface area contributed by atoms with E-state index in [9.17, 15) is 14.7 Å². The molecule has 34 heavy (non-hydrogen) atoms. The Bertz CT molecular complexity index is 1570. The number of hydrogen-bond donors (Lipinski definition) is 1. The molecule has 0 bridgehead atoms. The lowest BCUT2D eigenvalue weighted by Crippen LogP contribution is -2.42. The SMILES string of the molecule is O=c1c(Cc2ccc3ccccc3c2)c(O)n(Cc2ccccc2)c(=O)n1Cc1ccccc1. The molecular weight excluding hydrogens is 424 g/mol. The smallest absolute Gasteiger partial charge is 0.334 e. The summed E-state index contributed by atoms with van der Waals surface area (Å²) in [5.74, 6) is -0.281. The number of fused-ring (bicyclic) bond motifs is 1. The van der Waals surface area contributed by atoms with Crippen molar-refractivity contribution in [3.8, 4) is 5.88 Å². The van der Waals surface area contributed by atoms with Crippen LogP contribution in [0.3, 0.4) is 0 Å². The van der Waals surface area contributed by atoms with Gasteiger partial charge in [0.15, 0.2) is 0 Å². The Morgan fingerprint density at radius 2 is 1.15 bits per heavy atom. The summed E-state index contributed by atoms with van der Waals surface area (Å²) in [5, 5.41) is 13.3. The molecule has 0 radical (unpaired) electrons. The second-order valence-corrected chi connectivity index (χ2v) is 8.39. The molecule has 1 aromatic heterocycles. The van der Waals surface area contributed by atoms with E-state index in [1.54, 1.807) is 0 Å². The molecule has 0 aliphatic heterocycles. The van der Waals surface area contributed by atoms with Crippen molar-refractivity contribution in [2.24, 2.45) is 0 Å². The van der Waals surface area contributed by atoms with Crippen LogP contribution in [0.15, 0.2) is 113 Å². The van der Waals surface area contributed by atoms with E-state index in [1.807, 2.05) is 103 Å². The van der Waals surface area contributed by atoms with Gasteiger partial charge < -0.3 is 5.11 Å². The predicted molar refractivity (Wildman–Crippen MR) is 134 cm³/mol. The maximum Gasteiger partial charge on any atom is 0.334 e. The van der Waals surface area contributed by atoms with Gasteiger partial charge in [0.1, 0.15) is 0 Å². The van der Waals surface area contributed by atoms with E-state index in [2.05, 4.69) is 0 Å². The van der Waals surface area contributed by atoms with Gasteiger partial charge in [-0.1, -0.05) is 103 Å². The van der Waals surface area contributed by atoms with Crippen molar-refractivity contribution in [2.45, 2.75) is 19.5 Å². The number of benzene rings is 4. The van der Waals surface area contributed by atoms with Crippen LogP contribution in [0.1, 0.15) is 22.3 Å². The summed E-state index contributed by atoms with van der Waals surface area (Å²) in [6.45, 7) is 0.309. The quantitative estimate of drug-likeness (QED) is 0.414. The van der Waals surface area contributed by atoms with Gasteiger partial charge in [0.25, 0.3) is 5.56 Å². The highest BCUT2D eigenvalue weighted by molar-refractivity contribution is 5.83. The van der Waals surface area contributed by atoms with E-state index in [0.717, 1.165) is 27.5 Å². The molecule has 5 nitrogen and oxygen atoms in total. The van der Waals surface area contributed by atoms with Crippen LogP contribution in [-0.2, 0) is 19.5 Å². The number of rotatable bonds is 6. The molecule has 0 aliphatic rings. The highest BCUT2D eigenvalue weighted by atomic mass is 16.3. The van der Waals surface area contributed by atoms with Gasteiger partial charge in [-0.2, -0.15) is 0 Å². The van der Waals surface area contributed by atoms with Crippen molar-refractivity contribution < 1.29 is 5.11 Å². The maximum absolute atomic E-state index is 13.5. The van der Waals surface area contributed by atoms with Crippen molar-refractivity contribution in [1.82, 2.24) is 9.13 Å². The summed E-state index contributed by atoms with van der Waals surface area (Å²) in [5.41, 5.74) is 1.81. The molecule has 0 saturated carbocycles. The van der Waals surface area contributed by atoms with E-state index in [-0.39, 0.29) is 31.0 Å². The van der Waals surface area contributed by atoms with Crippen molar-refractivity contribution in [3.05, 3.63) is 146 Å². The molecule has 5 rings (SSSR count). The molecular formula is C29H24N2O3. The molecule has 0 spiro atoms. The number of aromatic hydroxyl groups is 1. The maximum atomic E-state index is 13.5. The van der Waals surface area contributed by atoms with Crippen LogP contribution >= 0.6 is 0 Å². The monoisotopic (exact) mass is 448 g/mol. The standard InChI is InChI=1S/C29H24N2O3/c32-27-26(18-23-15-16-24-13-7-8-14-25(24)17-23)28(33)31(20-22-11-5-2-6-12-22)29(34)30(27)19-21-9-3-1-4-10-21/h1-17,32H,18-20H2. The van der Waals surface area contributed by atoms with Crippen LogP contribution < -0.4 is 11.2 Å². The van der Waals surface area contributed by atoms with Gasteiger partial charge in [-0.3, -0.25) is 13.9 Å². The first kappa shape index (κ1) is 21.5. The molecule has 168 valence electrons. The summed E-state index contributed by atoms with van der Waals surface area (Å²) in [6, 6.07) is 32.8. The average molecular weight is 449 g/mol. The zero-order valence-corrected chi connectivity index (χ0v) is 18.6. The normalized spacial score (nSPS) is 11.1. The fourth-order valence-electron chi connectivity index (χ4n) is 4.27. The second kappa shape index (κ2) is 9.24. The van der Waals surface area contributed by atoms with Gasteiger partial charge in [-0.05, 0) is 27.5 Å². The molecule has 0 atom stereocenters. The summed E-state index contributed by atoms with van der Waals surface area (Å²) in [4.78, 5) is 26.8. The Balaban J connectivity index is 1.64. The van der Waals surface area contributed by atoms with Gasteiger partial charge >= 0.3 is 5.69 Å². The number of nitrogens with zero attached hydrogens (tertiary/aromatic N) is 2. The van der Waals surface area contributed by atoms with Crippen LogP contribution in [0, 0.1) is 0 Å². The summed E-state index contributed by atoms with van der Waals surface area (Å²) >= 11 is 0. The Morgan fingerprint density at radius 1 is 0.588 bits per heavy atom. The molecule has 0 aliphatic carbocycles. The third-order valence-electron chi connectivity index (χ3n) is 6.05. The van der Waals surface area contributed by atoms with E-state index >= 15 is 0 Å². The molecule has 0 fully saturated rings. The summed E-state index contributed by atoms with van der Waals surface area (Å²) < 4.78 is 2.50. The lowest BCUT2D eigenvalue weighted by atomic mass is 10.0. The Kier molecular flexibility index (Phi) is 5.83. The Hall–Kier alpha value is -4.38. The first-order valence-corrected chi connectivity index (χ1v) is 11.2. The van der Waals surface area contributed by atoms with E-state index < -0.39 is 11.2 Å². The average Bonchev–Trinajstić information content (AvgIpc) is 2.88. The molecule has 4 aromatic carbocycles.